The highest BCUT2D eigenvalue weighted by molar-refractivity contribution is 5.57. The maximum Gasteiger partial charge on any atom is 0.196 e. The second-order valence-corrected chi connectivity index (χ2v) is 3.29. The van der Waals surface area contributed by atoms with Crippen molar-refractivity contribution in [1.82, 2.24) is 20.6 Å². The van der Waals surface area contributed by atoms with Gasteiger partial charge in [-0.15, -0.1) is 10.2 Å². The fourth-order valence-electron chi connectivity index (χ4n) is 1.36. The number of aromatic nitrogens is 4. The van der Waals surface area contributed by atoms with Gasteiger partial charge in [-0.2, -0.15) is 10.5 Å². The molecule has 2 aromatic rings. The normalized spacial score (nSPS) is 11.8. The van der Waals surface area contributed by atoms with Crippen molar-refractivity contribution in [3.8, 4) is 6.07 Å². The van der Waals surface area contributed by atoms with E-state index in [0.29, 0.717) is 11.4 Å². The largest absolute Gasteiger partial charge is 0.374 e. The highest BCUT2D eigenvalue weighted by Crippen LogP contribution is 2.19. The van der Waals surface area contributed by atoms with E-state index in [9.17, 15) is 0 Å². The molecule has 80 valence electrons. The first-order valence-corrected chi connectivity index (χ1v) is 4.80. The molecule has 6 nitrogen and oxygen atoms in total. The average molecular weight is 214 g/mol. The van der Waals surface area contributed by atoms with E-state index >= 15 is 0 Å². The molecule has 0 aliphatic heterocycles. The molecule has 6 heteroatoms. The fraction of sp³-hybridized carbons (Fsp3) is 0.200. The molecule has 0 aliphatic carbocycles. The number of nitrogens with zero attached hydrogens (tertiary/aromatic N) is 4. The standard InChI is InChI=1S/C10H10N6/c1-7(10-13-15-16-14-10)12-9-5-3-2-4-8(9)6-11/h2-5,7,12H,1H3,(H,13,14,15,16). The van der Waals surface area contributed by atoms with Crippen LogP contribution in [0.15, 0.2) is 24.3 Å². The van der Waals surface area contributed by atoms with Crippen molar-refractivity contribution in [2.75, 3.05) is 5.32 Å². The van der Waals surface area contributed by atoms with E-state index in [1.54, 1.807) is 6.07 Å². The van der Waals surface area contributed by atoms with Crippen LogP contribution >= 0.6 is 0 Å². The third-order valence-corrected chi connectivity index (χ3v) is 2.17. The Morgan fingerprint density at radius 2 is 2.25 bits per heavy atom. The number of anilines is 1. The third-order valence-electron chi connectivity index (χ3n) is 2.17. The van der Waals surface area contributed by atoms with Gasteiger partial charge in [0, 0.05) is 0 Å². The van der Waals surface area contributed by atoms with Gasteiger partial charge in [-0.05, 0) is 19.1 Å². The fourth-order valence-corrected chi connectivity index (χ4v) is 1.36. The summed E-state index contributed by atoms with van der Waals surface area (Å²) in [7, 11) is 0. The molecule has 0 bridgehead atoms. The number of tetrazole rings is 1. The Hall–Kier alpha value is -2.42. The lowest BCUT2D eigenvalue weighted by atomic mass is 10.2. The first kappa shape index (κ1) is 10.1. The quantitative estimate of drug-likeness (QED) is 0.802. The number of rotatable bonds is 3. The van der Waals surface area contributed by atoms with Gasteiger partial charge in [0.25, 0.3) is 0 Å². The molecular formula is C10H10N6. The molecular weight excluding hydrogens is 204 g/mol. The Labute approximate surface area is 92.3 Å². The molecule has 1 heterocycles. The van der Waals surface area contributed by atoms with Crippen molar-refractivity contribution >= 4 is 5.69 Å². The van der Waals surface area contributed by atoms with Crippen LogP contribution < -0.4 is 5.32 Å². The molecule has 0 fully saturated rings. The smallest absolute Gasteiger partial charge is 0.196 e. The Bertz CT molecular complexity index is 498. The minimum atomic E-state index is -0.103. The van der Waals surface area contributed by atoms with Gasteiger partial charge in [0.1, 0.15) is 6.07 Å². The van der Waals surface area contributed by atoms with E-state index in [0.717, 1.165) is 5.69 Å². The number of hydrogen-bond donors (Lipinski definition) is 2. The van der Waals surface area contributed by atoms with Crippen molar-refractivity contribution in [2.45, 2.75) is 13.0 Å². The third kappa shape index (κ3) is 1.98. The van der Waals surface area contributed by atoms with Crippen LogP contribution in [0.4, 0.5) is 5.69 Å². The maximum atomic E-state index is 8.92. The van der Waals surface area contributed by atoms with Crippen LogP contribution in [0.1, 0.15) is 24.4 Å². The van der Waals surface area contributed by atoms with Crippen molar-refractivity contribution in [1.29, 1.82) is 5.26 Å². The molecule has 0 saturated carbocycles. The minimum Gasteiger partial charge on any atom is -0.374 e. The van der Waals surface area contributed by atoms with Crippen LogP contribution in [-0.2, 0) is 0 Å². The summed E-state index contributed by atoms with van der Waals surface area (Å²) in [6, 6.07) is 9.30. The summed E-state index contributed by atoms with van der Waals surface area (Å²) < 4.78 is 0. The van der Waals surface area contributed by atoms with Crippen LogP contribution in [0.2, 0.25) is 0 Å². The molecule has 0 amide bonds. The number of aromatic amines is 1. The van der Waals surface area contributed by atoms with Crippen molar-refractivity contribution < 1.29 is 0 Å². The molecule has 0 spiro atoms. The highest BCUT2D eigenvalue weighted by atomic mass is 15.5. The van der Waals surface area contributed by atoms with E-state index in [1.165, 1.54) is 0 Å². The van der Waals surface area contributed by atoms with Gasteiger partial charge >= 0.3 is 0 Å². The van der Waals surface area contributed by atoms with Crippen molar-refractivity contribution in [3.63, 3.8) is 0 Å². The second-order valence-electron chi connectivity index (χ2n) is 3.29. The first-order valence-electron chi connectivity index (χ1n) is 4.80. The average Bonchev–Trinajstić information content (AvgIpc) is 2.83. The first-order chi connectivity index (χ1) is 7.81. The van der Waals surface area contributed by atoms with Gasteiger partial charge in [-0.25, -0.2) is 0 Å². The lowest BCUT2D eigenvalue weighted by Gasteiger charge is -2.12. The number of para-hydroxylation sites is 1. The number of benzene rings is 1. The summed E-state index contributed by atoms with van der Waals surface area (Å²) in [6.45, 7) is 1.90. The predicted octanol–water partition coefficient (Wildman–Crippen LogP) is 1.24. The molecule has 2 N–H and O–H groups in total. The zero-order chi connectivity index (χ0) is 11.4. The maximum absolute atomic E-state index is 8.92. The summed E-state index contributed by atoms with van der Waals surface area (Å²) in [4.78, 5) is 0. The van der Waals surface area contributed by atoms with Crippen LogP contribution in [-0.4, -0.2) is 20.6 Å². The highest BCUT2D eigenvalue weighted by Gasteiger charge is 2.11. The Kier molecular flexibility index (Phi) is 2.78. The molecule has 1 atom stereocenters. The zero-order valence-corrected chi connectivity index (χ0v) is 8.68. The van der Waals surface area contributed by atoms with Crippen LogP contribution in [0, 0.1) is 11.3 Å². The summed E-state index contributed by atoms with van der Waals surface area (Å²) in [5.74, 6) is 0.563. The van der Waals surface area contributed by atoms with Gasteiger partial charge in [0.2, 0.25) is 0 Å². The molecule has 1 aromatic heterocycles. The lowest BCUT2D eigenvalue weighted by Crippen LogP contribution is -2.09. The monoisotopic (exact) mass is 214 g/mol. The molecule has 2 rings (SSSR count). The van der Waals surface area contributed by atoms with Gasteiger partial charge in [0.15, 0.2) is 5.82 Å². The second kappa shape index (κ2) is 4.40. The van der Waals surface area contributed by atoms with E-state index < -0.39 is 0 Å². The molecule has 16 heavy (non-hydrogen) atoms. The van der Waals surface area contributed by atoms with Crippen LogP contribution in [0.3, 0.4) is 0 Å². The van der Waals surface area contributed by atoms with E-state index in [2.05, 4.69) is 32.0 Å². The van der Waals surface area contributed by atoms with Gasteiger partial charge in [0.05, 0.1) is 17.3 Å². The predicted molar refractivity (Wildman–Crippen MR) is 57.4 cm³/mol. The molecule has 0 aliphatic rings. The zero-order valence-electron chi connectivity index (χ0n) is 8.68. The topological polar surface area (TPSA) is 90.3 Å². The molecule has 0 saturated heterocycles. The molecule has 1 aromatic carbocycles. The van der Waals surface area contributed by atoms with Gasteiger partial charge in [-0.3, -0.25) is 0 Å². The lowest BCUT2D eigenvalue weighted by molar-refractivity contribution is 0.793. The Morgan fingerprint density at radius 3 is 2.94 bits per heavy atom. The number of hydrogen-bond acceptors (Lipinski definition) is 5. The Balaban J connectivity index is 2.19. The summed E-state index contributed by atoms with van der Waals surface area (Å²) in [6.07, 6.45) is 0. The van der Waals surface area contributed by atoms with Gasteiger partial charge < -0.3 is 5.32 Å². The summed E-state index contributed by atoms with van der Waals surface area (Å²) in [5, 5.41) is 25.7. The number of nitrogens with one attached hydrogen (secondary N) is 2. The van der Waals surface area contributed by atoms with Crippen molar-refractivity contribution in [3.05, 3.63) is 35.7 Å². The number of H-pyrrole nitrogens is 1. The van der Waals surface area contributed by atoms with E-state index in [4.69, 9.17) is 5.26 Å². The SMILES string of the molecule is CC(Nc1ccccc1C#N)c1nn[nH]n1. The minimum absolute atomic E-state index is 0.103. The van der Waals surface area contributed by atoms with E-state index in [1.807, 2.05) is 25.1 Å². The van der Waals surface area contributed by atoms with Gasteiger partial charge in [-0.1, -0.05) is 17.3 Å². The van der Waals surface area contributed by atoms with E-state index in [-0.39, 0.29) is 6.04 Å². The summed E-state index contributed by atoms with van der Waals surface area (Å²) >= 11 is 0. The van der Waals surface area contributed by atoms with Crippen LogP contribution in [0.5, 0.6) is 0 Å². The van der Waals surface area contributed by atoms with Crippen molar-refractivity contribution in [2.24, 2.45) is 0 Å². The molecule has 0 radical (unpaired) electrons. The Morgan fingerprint density at radius 1 is 1.44 bits per heavy atom. The summed E-state index contributed by atoms with van der Waals surface area (Å²) in [5.41, 5.74) is 1.36. The molecule has 1 unspecified atom stereocenters. The van der Waals surface area contributed by atoms with Crippen LogP contribution in [0.25, 0.3) is 0 Å². The number of nitriles is 1.